The van der Waals surface area contributed by atoms with Gasteiger partial charge in [-0.2, -0.15) is 0 Å². The Morgan fingerprint density at radius 1 is 1.67 bits per heavy atom. The van der Waals surface area contributed by atoms with Gasteiger partial charge in [0.05, 0.1) is 11.9 Å². The highest BCUT2D eigenvalue weighted by Gasteiger charge is 2.07. The monoisotopic (exact) mass is 230 g/mol. The van der Waals surface area contributed by atoms with Gasteiger partial charge in [-0.15, -0.1) is 0 Å². The van der Waals surface area contributed by atoms with Gasteiger partial charge in [0, 0.05) is 17.7 Å². The molecule has 0 spiro atoms. The first-order valence-corrected chi connectivity index (χ1v) is 3.98. The van der Waals surface area contributed by atoms with Crippen LogP contribution in [0.3, 0.4) is 0 Å². The molecule has 0 radical (unpaired) electrons. The van der Waals surface area contributed by atoms with E-state index >= 15 is 0 Å². The Hall–Kier alpha value is -1.10. The van der Waals surface area contributed by atoms with Crippen LogP contribution >= 0.6 is 15.9 Å². The average molecular weight is 231 g/mol. The van der Waals surface area contributed by atoms with Crippen molar-refractivity contribution in [3.8, 4) is 0 Å². The number of hydrogen-bond donors (Lipinski definition) is 1. The van der Waals surface area contributed by atoms with E-state index in [1.807, 2.05) is 0 Å². The largest absolute Gasteiger partial charge is 0.465 e. The van der Waals surface area contributed by atoms with Gasteiger partial charge >= 0.3 is 6.09 Å². The van der Waals surface area contributed by atoms with E-state index in [1.54, 1.807) is 12.3 Å². The zero-order chi connectivity index (χ0) is 9.14. The van der Waals surface area contributed by atoms with Crippen molar-refractivity contribution in [2.45, 2.75) is 0 Å². The van der Waals surface area contributed by atoms with Crippen molar-refractivity contribution < 1.29 is 9.90 Å². The summed E-state index contributed by atoms with van der Waals surface area (Å²) < 4.78 is 0.758. The van der Waals surface area contributed by atoms with Crippen LogP contribution in [-0.2, 0) is 0 Å². The SMILES string of the molecule is CN(C(=O)O)c1cncc(Br)c1. The van der Waals surface area contributed by atoms with Crippen LogP contribution in [0.1, 0.15) is 0 Å². The topological polar surface area (TPSA) is 53.4 Å². The molecule has 1 amide bonds. The van der Waals surface area contributed by atoms with Gasteiger partial charge in [-0.05, 0) is 22.0 Å². The fourth-order valence-corrected chi connectivity index (χ4v) is 1.05. The lowest BCUT2D eigenvalue weighted by atomic mass is 10.4. The summed E-state index contributed by atoms with van der Waals surface area (Å²) in [6.07, 6.45) is 2.08. The number of pyridine rings is 1. The Bertz CT molecular complexity index is 303. The van der Waals surface area contributed by atoms with Gasteiger partial charge in [0.2, 0.25) is 0 Å². The minimum atomic E-state index is -1.00. The van der Waals surface area contributed by atoms with Gasteiger partial charge < -0.3 is 5.11 Å². The Labute approximate surface area is 78.0 Å². The standard InChI is InChI=1S/C7H7BrN2O2/c1-10(7(11)12)6-2-5(8)3-9-4-6/h2-4H,1H3,(H,11,12). The number of halogens is 1. The van der Waals surface area contributed by atoms with Crippen LogP contribution in [-0.4, -0.2) is 23.2 Å². The number of carbonyl (C=O) groups is 1. The van der Waals surface area contributed by atoms with Crippen LogP contribution in [0, 0.1) is 0 Å². The highest BCUT2D eigenvalue weighted by molar-refractivity contribution is 9.10. The molecular formula is C7H7BrN2O2. The maximum Gasteiger partial charge on any atom is 0.411 e. The minimum Gasteiger partial charge on any atom is -0.465 e. The Balaban J connectivity index is 2.95. The van der Waals surface area contributed by atoms with Crippen molar-refractivity contribution in [2.75, 3.05) is 11.9 Å². The number of carboxylic acid groups (broad SMARTS) is 1. The zero-order valence-electron chi connectivity index (χ0n) is 6.36. The summed E-state index contributed by atoms with van der Waals surface area (Å²) >= 11 is 3.20. The van der Waals surface area contributed by atoms with Crippen LogP contribution in [0.25, 0.3) is 0 Å². The highest BCUT2D eigenvalue weighted by atomic mass is 79.9. The van der Waals surface area contributed by atoms with Crippen LogP contribution in [0.5, 0.6) is 0 Å². The van der Waals surface area contributed by atoms with Crippen LogP contribution < -0.4 is 4.90 Å². The predicted molar refractivity (Wildman–Crippen MR) is 48.4 cm³/mol. The number of amides is 1. The Kier molecular flexibility index (Phi) is 2.65. The summed E-state index contributed by atoms with van der Waals surface area (Å²) in [5, 5.41) is 8.61. The number of anilines is 1. The predicted octanol–water partition coefficient (Wildman–Crippen LogP) is 1.96. The van der Waals surface area contributed by atoms with E-state index in [0.717, 1.165) is 9.37 Å². The highest BCUT2D eigenvalue weighted by Crippen LogP contribution is 2.16. The van der Waals surface area contributed by atoms with Crippen LogP contribution in [0.2, 0.25) is 0 Å². The summed E-state index contributed by atoms with van der Waals surface area (Å²) in [7, 11) is 1.46. The third kappa shape index (κ3) is 1.94. The molecule has 0 aliphatic carbocycles. The van der Waals surface area contributed by atoms with Crippen molar-refractivity contribution in [1.29, 1.82) is 0 Å². The van der Waals surface area contributed by atoms with Crippen molar-refractivity contribution in [1.82, 2.24) is 4.98 Å². The van der Waals surface area contributed by atoms with Gasteiger partial charge in [-0.1, -0.05) is 0 Å². The summed E-state index contributed by atoms with van der Waals surface area (Å²) in [5.74, 6) is 0. The average Bonchev–Trinajstić information content (AvgIpc) is 2.03. The molecule has 4 nitrogen and oxygen atoms in total. The lowest BCUT2D eigenvalue weighted by molar-refractivity contribution is 0.203. The normalized spacial score (nSPS) is 9.50. The molecule has 0 aromatic carbocycles. The molecule has 1 N–H and O–H groups in total. The maximum atomic E-state index is 10.5. The first-order chi connectivity index (χ1) is 5.61. The van der Waals surface area contributed by atoms with E-state index in [1.165, 1.54) is 13.2 Å². The quantitative estimate of drug-likeness (QED) is 0.803. The molecule has 0 bridgehead atoms. The smallest absolute Gasteiger partial charge is 0.411 e. The molecule has 0 saturated heterocycles. The molecule has 0 unspecified atom stereocenters. The Morgan fingerprint density at radius 2 is 2.33 bits per heavy atom. The van der Waals surface area contributed by atoms with E-state index < -0.39 is 6.09 Å². The van der Waals surface area contributed by atoms with Gasteiger partial charge in [0.25, 0.3) is 0 Å². The molecule has 0 aliphatic rings. The molecule has 0 aliphatic heterocycles. The first kappa shape index (κ1) is 8.99. The third-order valence-corrected chi connectivity index (χ3v) is 1.80. The Morgan fingerprint density at radius 3 is 2.83 bits per heavy atom. The molecule has 0 saturated carbocycles. The van der Waals surface area contributed by atoms with E-state index in [9.17, 15) is 4.79 Å². The molecule has 1 aromatic rings. The summed E-state index contributed by atoms with van der Waals surface area (Å²) in [6.45, 7) is 0. The fourth-order valence-electron chi connectivity index (χ4n) is 0.695. The van der Waals surface area contributed by atoms with Crippen LogP contribution in [0.15, 0.2) is 22.9 Å². The van der Waals surface area contributed by atoms with E-state index in [2.05, 4.69) is 20.9 Å². The summed E-state index contributed by atoms with van der Waals surface area (Å²) in [6, 6.07) is 1.68. The van der Waals surface area contributed by atoms with Crippen molar-refractivity contribution in [2.24, 2.45) is 0 Å². The van der Waals surface area contributed by atoms with Gasteiger partial charge in [-0.25, -0.2) is 4.79 Å². The summed E-state index contributed by atoms with van der Waals surface area (Å²) in [4.78, 5) is 15.4. The van der Waals surface area contributed by atoms with Crippen molar-refractivity contribution in [3.63, 3.8) is 0 Å². The van der Waals surface area contributed by atoms with E-state index in [4.69, 9.17) is 5.11 Å². The third-order valence-electron chi connectivity index (χ3n) is 1.36. The molecule has 12 heavy (non-hydrogen) atoms. The molecule has 1 heterocycles. The lowest BCUT2D eigenvalue weighted by Crippen LogP contribution is -2.23. The minimum absolute atomic E-state index is 0.539. The summed E-state index contributed by atoms with van der Waals surface area (Å²) in [5.41, 5.74) is 0.539. The number of nitrogens with zero attached hydrogens (tertiary/aromatic N) is 2. The molecule has 64 valence electrons. The number of rotatable bonds is 1. The van der Waals surface area contributed by atoms with Crippen molar-refractivity contribution >= 4 is 27.7 Å². The number of aromatic nitrogens is 1. The zero-order valence-corrected chi connectivity index (χ0v) is 7.95. The van der Waals surface area contributed by atoms with Gasteiger partial charge in [0.1, 0.15) is 0 Å². The van der Waals surface area contributed by atoms with E-state index in [-0.39, 0.29) is 0 Å². The number of hydrogen-bond acceptors (Lipinski definition) is 2. The second-order valence-corrected chi connectivity index (χ2v) is 3.12. The molecule has 0 atom stereocenters. The molecule has 5 heteroatoms. The first-order valence-electron chi connectivity index (χ1n) is 3.18. The van der Waals surface area contributed by atoms with E-state index in [0.29, 0.717) is 5.69 Å². The van der Waals surface area contributed by atoms with Crippen molar-refractivity contribution in [3.05, 3.63) is 22.9 Å². The molecule has 1 rings (SSSR count). The molecule has 1 aromatic heterocycles. The molecule has 0 fully saturated rings. The van der Waals surface area contributed by atoms with Crippen LogP contribution in [0.4, 0.5) is 10.5 Å². The molecular weight excluding hydrogens is 224 g/mol. The fraction of sp³-hybridized carbons (Fsp3) is 0.143. The van der Waals surface area contributed by atoms with Gasteiger partial charge in [-0.3, -0.25) is 9.88 Å². The van der Waals surface area contributed by atoms with Gasteiger partial charge in [0.15, 0.2) is 0 Å². The maximum absolute atomic E-state index is 10.5. The second kappa shape index (κ2) is 3.53. The lowest BCUT2D eigenvalue weighted by Gasteiger charge is -2.11. The second-order valence-electron chi connectivity index (χ2n) is 2.20.